The average Bonchev–Trinajstić information content (AvgIpc) is 2.54. The first-order valence-corrected chi connectivity index (χ1v) is 10.3. The molecule has 0 aromatic heterocycles. The second-order valence-electron chi connectivity index (χ2n) is 6.87. The zero-order valence-corrected chi connectivity index (χ0v) is 18.2. The maximum atomic E-state index is 11.0. The third-order valence-electron chi connectivity index (χ3n) is 3.94. The number of hydrogen-bond acceptors (Lipinski definition) is 2. The molecule has 142 valence electrons. The number of halogens is 1. The van der Waals surface area contributed by atoms with Crippen LogP contribution in [0.1, 0.15) is 73.1 Å². The van der Waals surface area contributed by atoms with Crippen LogP contribution in [0, 0.1) is 0 Å². The molecule has 0 fully saturated rings. The van der Waals surface area contributed by atoms with Gasteiger partial charge in [-0.15, -0.1) is 0 Å². The van der Waals surface area contributed by atoms with Crippen molar-refractivity contribution in [2.75, 3.05) is 11.9 Å². The molecular weight excluding hydrogens is 376 g/mol. The highest BCUT2D eigenvalue weighted by atomic mass is 79.9. The zero-order valence-electron chi connectivity index (χ0n) is 16.7. The summed E-state index contributed by atoms with van der Waals surface area (Å²) < 4.78 is 5.02. The molecule has 0 unspecified atom stereocenters. The lowest BCUT2D eigenvalue weighted by Crippen LogP contribution is -2.05. The largest absolute Gasteiger partial charge is 0.461 e. The van der Waals surface area contributed by atoms with E-state index in [1.54, 1.807) is 0 Å². The van der Waals surface area contributed by atoms with E-state index in [0.29, 0.717) is 6.61 Å². The monoisotopic (exact) mass is 410 g/mol. The maximum Gasteiger partial charge on any atom is 0.316 e. The van der Waals surface area contributed by atoms with Crippen molar-refractivity contribution >= 4 is 21.9 Å². The molecular formula is C22H35BrO2. The Balaban J connectivity index is 3.99. The molecule has 0 atom stereocenters. The van der Waals surface area contributed by atoms with Gasteiger partial charge in [0.25, 0.3) is 0 Å². The highest BCUT2D eigenvalue weighted by molar-refractivity contribution is 9.09. The van der Waals surface area contributed by atoms with E-state index in [-0.39, 0.29) is 11.3 Å². The standard InChI is InChI=1S/C22H35BrO2/c1-18(2)9-6-10-19(3)11-7-12-20(4)13-8-14-21(5)15-16-25-22(24)17-23/h9,11,13,15H,6-8,10,12,14,16-17H2,1-5H3/b19-11+,20-13+,21-15+. The maximum absolute atomic E-state index is 11.0. The highest BCUT2D eigenvalue weighted by Crippen LogP contribution is 2.13. The second kappa shape index (κ2) is 15.2. The molecule has 0 radical (unpaired) electrons. The topological polar surface area (TPSA) is 26.3 Å². The summed E-state index contributed by atoms with van der Waals surface area (Å²) in [5.74, 6) is -0.219. The van der Waals surface area contributed by atoms with Gasteiger partial charge in [0.1, 0.15) is 11.9 Å². The number of alkyl halides is 1. The Morgan fingerprint density at radius 3 is 1.64 bits per heavy atom. The molecule has 0 amide bonds. The predicted molar refractivity (Wildman–Crippen MR) is 113 cm³/mol. The van der Waals surface area contributed by atoms with Crippen LogP contribution in [0.2, 0.25) is 0 Å². The van der Waals surface area contributed by atoms with Gasteiger partial charge in [0.15, 0.2) is 0 Å². The van der Waals surface area contributed by atoms with Gasteiger partial charge >= 0.3 is 5.97 Å². The van der Waals surface area contributed by atoms with Crippen LogP contribution in [0.15, 0.2) is 46.6 Å². The lowest BCUT2D eigenvalue weighted by molar-refractivity contribution is -0.139. The van der Waals surface area contributed by atoms with Crippen molar-refractivity contribution in [2.24, 2.45) is 0 Å². The van der Waals surface area contributed by atoms with E-state index in [0.717, 1.165) is 38.5 Å². The van der Waals surface area contributed by atoms with Crippen molar-refractivity contribution in [2.45, 2.75) is 73.1 Å². The Labute approximate surface area is 163 Å². The Kier molecular flexibility index (Phi) is 14.5. The molecule has 0 saturated heterocycles. The summed E-state index contributed by atoms with van der Waals surface area (Å²) >= 11 is 3.08. The van der Waals surface area contributed by atoms with Gasteiger partial charge in [0.05, 0.1) is 0 Å². The number of ether oxygens (including phenoxy) is 1. The number of esters is 1. The van der Waals surface area contributed by atoms with Gasteiger partial charge in [0, 0.05) is 0 Å². The number of rotatable bonds is 12. The smallest absolute Gasteiger partial charge is 0.316 e. The van der Waals surface area contributed by atoms with Crippen LogP contribution in [-0.2, 0) is 9.53 Å². The summed E-state index contributed by atoms with van der Waals surface area (Å²) in [5.41, 5.74) is 5.60. The Morgan fingerprint density at radius 1 is 0.760 bits per heavy atom. The van der Waals surface area contributed by atoms with Gasteiger partial charge < -0.3 is 4.74 Å². The van der Waals surface area contributed by atoms with E-state index in [1.807, 2.05) is 6.08 Å². The van der Waals surface area contributed by atoms with Crippen LogP contribution >= 0.6 is 15.9 Å². The molecule has 0 aliphatic rings. The second-order valence-corrected chi connectivity index (χ2v) is 7.43. The van der Waals surface area contributed by atoms with E-state index in [1.165, 1.54) is 22.3 Å². The van der Waals surface area contributed by atoms with Gasteiger partial charge in [-0.25, -0.2) is 0 Å². The first-order chi connectivity index (χ1) is 11.8. The van der Waals surface area contributed by atoms with Gasteiger partial charge in [-0.2, -0.15) is 0 Å². The minimum absolute atomic E-state index is 0.219. The molecule has 25 heavy (non-hydrogen) atoms. The molecule has 0 heterocycles. The molecule has 0 bridgehead atoms. The first-order valence-electron chi connectivity index (χ1n) is 9.17. The summed E-state index contributed by atoms with van der Waals surface area (Å²) in [4.78, 5) is 11.0. The molecule has 0 rings (SSSR count). The van der Waals surface area contributed by atoms with E-state index in [9.17, 15) is 4.79 Å². The van der Waals surface area contributed by atoms with E-state index < -0.39 is 0 Å². The zero-order chi connectivity index (χ0) is 19.1. The van der Waals surface area contributed by atoms with Gasteiger partial charge in [-0.05, 0) is 79.2 Å². The molecule has 0 aromatic rings. The third kappa shape index (κ3) is 16.1. The fraction of sp³-hybridized carbons (Fsp3) is 0.591. The lowest BCUT2D eigenvalue weighted by Gasteiger charge is -2.03. The number of allylic oxidation sites excluding steroid dienone is 7. The number of carbonyl (C=O) groups excluding carboxylic acids is 1. The van der Waals surface area contributed by atoms with Crippen LogP contribution in [0.3, 0.4) is 0 Å². The highest BCUT2D eigenvalue weighted by Gasteiger charge is 1.97. The van der Waals surface area contributed by atoms with Gasteiger partial charge in [-0.1, -0.05) is 56.5 Å². The summed E-state index contributed by atoms with van der Waals surface area (Å²) in [6.45, 7) is 11.2. The van der Waals surface area contributed by atoms with E-state index in [4.69, 9.17) is 4.74 Å². The lowest BCUT2D eigenvalue weighted by atomic mass is 10.0. The summed E-state index contributed by atoms with van der Waals surface area (Å²) in [6.07, 6.45) is 15.6. The van der Waals surface area contributed by atoms with Crippen LogP contribution in [0.5, 0.6) is 0 Å². The molecule has 0 aromatic carbocycles. The van der Waals surface area contributed by atoms with Crippen molar-refractivity contribution < 1.29 is 9.53 Å². The fourth-order valence-corrected chi connectivity index (χ4v) is 2.46. The van der Waals surface area contributed by atoms with Crippen LogP contribution in [0.4, 0.5) is 0 Å². The van der Waals surface area contributed by atoms with Crippen LogP contribution < -0.4 is 0 Å². The van der Waals surface area contributed by atoms with E-state index in [2.05, 4.69) is 68.8 Å². The number of hydrogen-bond donors (Lipinski definition) is 0. The molecule has 3 heteroatoms. The Morgan fingerprint density at radius 2 is 1.20 bits per heavy atom. The summed E-state index contributed by atoms with van der Waals surface area (Å²) in [6, 6.07) is 0. The van der Waals surface area contributed by atoms with Gasteiger partial charge in [-0.3, -0.25) is 4.79 Å². The van der Waals surface area contributed by atoms with Crippen molar-refractivity contribution in [3.63, 3.8) is 0 Å². The summed E-state index contributed by atoms with van der Waals surface area (Å²) in [5, 5.41) is 0.255. The van der Waals surface area contributed by atoms with Crippen molar-refractivity contribution in [1.29, 1.82) is 0 Å². The van der Waals surface area contributed by atoms with Gasteiger partial charge in [0.2, 0.25) is 0 Å². The summed E-state index contributed by atoms with van der Waals surface area (Å²) in [7, 11) is 0. The molecule has 0 aliphatic carbocycles. The molecule has 0 saturated carbocycles. The minimum Gasteiger partial charge on any atom is -0.461 e. The Hall–Kier alpha value is -1.09. The molecule has 2 nitrogen and oxygen atoms in total. The quantitative estimate of drug-likeness (QED) is 0.195. The Bertz CT molecular complexity index is 506. The molecule has 0 spiro atoms. The fourth-order valence-electron chi connectivity index (χ4n) is 2.30. The van der Waals surface area contributed by atoms with Crippen LogP contribution in [-0.4, -0.2) is 17.9 Å². The SMILES string of the molecule is CC(C)=CCC/C(C)=C/CC/C(C)=C/CC/C(C)=C/COC(=O)CBr. The molecule has 0 N–H and O–H groups in total. The van der Waals surface area contributed by atoms with Crippen molar-refractivity contribution in [1.82, 2.24) is 0 Å². The van der Waals surface area contributed by atoms with E-state index >= 15 is 0 Å². The normalized spacial score (nSPS) is 13.0. The van der Waals surface area contributed by atoms with Crippen LogP contribution in [0.25, 0.3) is 0 Å². The predicted octanol–water partition coefficient (Wildman–Crippen LogP) is 7.07. The van der Waals surface area contributed by atoms with Crippen molar-refractivity contribution in [3.05, 3.63) is 46.6 Å². The average molecular weight is 411 g/mol. The third-order valence-corrected chi connectivity index (χ3v) is 4.40. The number of carbonyl (C=O) groups is 1. The molecule has 0 aliphatic heterocycles. The first kappa shape index (κ1) is 23.9. The van der Waals surface area contributed by atoms with Crippen molar-refractivity contribution in [3.8, 4) is 0 Å². The minimum atomic E-state index is -0.219.